The SMILES string of the molecule is CN=C(NCc1ccccc1)NCC(c1ccc(C)o1)N1CCOCC1.I. The quantitative estimate of drug-likeness (QED) is 0.375. The second kappa shape index (κ2) is 11.3. The number of morpholine rings is 1. The van der Waals surface area contributed by atoms with Crippen LogP contribution in [0.15, 0.2) is 51.9 Å². The number of halogens is 1. The number of benzene rings is 1. The molecule has 1 atom stereocenters. The molecule has 1 aromatic carbocycles. The smallest absolute Gasteiger partial charge is 0.191 e. The molecule has 6 nitrogen and oxygen atoms in total. The molecule has 2 aromatic rings. The third-order valence-electron chi connectivity index (χ3n) is 4.57. The van der Waals surface area contributed by atoms with Crippen LogP contribution in [0, 0.1) is 6.92 Å². The van der Waals surface area contributed by atoms with Gasteiger partial charge in [0.15, 0.2) is 5.96 Å². The largest absolute Gasteiger partial charge is 0.465 e. The molecular formula is C20H29IN4O2. The van der Waals surface area contributed by atoms with Gasteiger partial charge in [0.05, 0.1) is 19.3 Å². The third-order valence-corrected chi connectivity index (χ3v) is 4.57. The maximum absolute atomic E-state index is 5.91. The van der Waals surface area contributed by atoms with E-state index in [2.05, 4.69) is 38.7 Å². The van der Waals surface area contributed by atoms with Crippen LogP contribution in [-0.4, -0.2) is 50.8 Å². The van der Waals surface area contributed by atoms with Crippen molar-refractivity contribution in [2.24, 2.45) is 4.99 Å². The zero-order chi connectivity index (χ0) is 18.2. The molecule has 7 heteroatoms. The second-order valence-electron chi connectivity index (χ2n) is 6.40. The second-order valence-corrected chi connectivity index (χ2v) is 6.40. The Bertz CT molecular complexity index is 699. The fourth-order valence-electron chi connectivity index (χ4n) is 3.13. The van der Waals surface area contributed by atoms with E-state index in [1.165, 1.54) is 5.56 Å². The van der Waals surface area contributed by atoms with Gasteiger partial charge in [-0.15, -0.1) is 24.0 Å². The number of hydrogen-bond acceptors (Lipinski definition) is 4. The van der Waals surface area contributed by atoms with Gasteiger partial charge in [0.25, 0.3) is 0 Å². The number of ether oxygens (including phenoxy) is 1. The van der Waals surface area contributed by atoms with E-state index in [9.17, 15) is 0 Å². The molecule has 1 saturated heterocycles. The molecule has 0 saturated carbocycles. The summed E-state index contributed by atoms with van der Waals surface area (Å²) < 4.78 is 11.4. The molecule has 1 aliphatic heterocycles. The summed E-state index contributed by atoms with van der Waals surface area (Å²) in [5.41, 5.74) is 1.22. The van der Waals surface area contributed by atoms with E-state index in [0.29, 0.717) is 0 Å². The maximum Gasteiger partial charge on any atom is 0.191 e. The fourth-order valence-corrected chi connectivity index (χ4v) is 3.13. The molecule has 1 aliphatic rings. The zero-order valence-electron chi connectivity index (χ0n) is 16.0. The highest BCUT2D eigenvalue weighted by atomic mass is 127. The third kappa shape index (κ3) is 6.51. The number of furan rings is 1. The lowest BCUT2D eigenvalue weighted by Crippen LogP contribution is -2.46. The van der Waals surface area contributed by atoms with E-state index in [-0.39, 0.29) is 30.0 Å². The molecule has 1 aromatic heterocycles. The Morgan fingerprint density at radius 3 is 2.48 bits per heavy atom. The molecule has 1 fully saturated rings. The Morgan fingerprint density at radius 2 is 1.85 bits per heavy atom. The first kappa shape index (κ1) is 21.7. The van der Waals surface area contributed by atoms with Gasteiger partial charge in [0.1, 0.15) is 11.5 Å². The Hall–Kier alpha value is -1.58. The maximum atomic E-state index is 5.91. The zero-order valence-corrected chi connectivity index (χ0v) is 18.3. The van der Waals surface area contributed by atoms with Crippen molar-refractivity contribution >= 4 is 29.9 Å². The molecule has 0 spiro atoms. The van der Waals surface area contributed by atoms with Crippen molar-refractivity contribution in [3.05, 3.63) is 59.5 Å². The van der Waals surface area contributed by atoms with Gasteiger partial charge in [-0.1, -0.05) is 30.3 Å². The monoisotopic (exact) mass is 484 g/mol. The van der Waals surface area contributed by atoms with Crippen molar-refractivity contribution in [3.8, 4) is 0 Å². The van der Waals surface area contributed by atoms with E-state index in [1.54, 1.807) is 7.05 Å². The van der Waals surface area contributed by atoms with Gasteiger partial charge in [-0.2, -0.15) is 0 Å². The van der Waals surface area contributed by atoms with Gasteiger partial charge < -0.3 is 19.8 Å². The summed E-state index contributed by atoms with van der Waals surface area (Å²) in [7, 11) is 1.79. The molecule has 0 bridgehead atoms. The Morgan fingerprint density at radius 1 is 1.11 bits per heavy atom. The molecule has 0 aliphatic carbocycles. The van der Waals surface area contributed by atoms with Crippen molar-refractivity contribution < 1.29 is 9.15 Å². The van der Waals surface area contributed by atoms with Crippen LogP contribution in [-0.2, 0) is 11.3 Å². The molecular weight excluding hydrogens is 455 g/mol. The molecule has 1 unspecified atom stereocenters. The van der Waals surface area contributed by atoms with Crippen LogP contribution in [0.25, 0.3) is 0 Å². The molecule has 0 amide bonds. The summed E-state index contributed by atoms with van der Waals surface area (Å²) in [6, 6.07) is 14.5. The van der Waals surface area contributed by atoms with Crippen molar-refractivity contribution in [2.75, 3.05) is 39.9 Å². The Balaban J connectivity index is 0.00000261. The fraction of sp³-hybridized carbons (Fsp3) is 0.450. The van der Waals surface area contributed by atoms with Crippen LogP contribution in [0.5, 0.6) is 0 Å². The molecule has 2 N–H and O–H groups in total. The first-order valence-corrected chi connectivity index (χ1v) is 9.13. The van der Waals surface area contributed by atoms with Gasteiger partial charge in [0, 0.05) is 33.2 Å². The average Bonchev–Trinajstić information content (AvgIpc) is 3.12. The Kier molecular flexibility index (Phi) is 9.09. The molecule has 27 heavy (non-hydrogen) atoms. The van der Waals surface area contributed by atoms with E-state index in [4.69, 9.17) is 9.15 Å². The van der Waals surface area contributed by atoms with E-state index in [1.807, 2.05) is 31.2 Å². The van der Waals surface area contributed by atoms with Crippen LogP contribution in [0.4, 0.5) is 0 Å². The van der Waals surface area contributed by atoms with Gasteiger partial charge in [-0.3, -0.25) is 9.89 Å². The number of hydrogen-bond donors (Lipinski definition) is 2. The summed E-state index contributed by atoms with van der Waals surface area (Å²) in [6.45, 7) is 6.77. The van der Waals surface area contributed by atoms with Crippen LogP contribution < -0.4 is 10.6 Å². The predicted octanol–water partition coefficient (Wildman–Crippen LogP) is 2.94. The van der Waals surface area contributed by atoms with Crippen LogP contribution in [0.3, 0.4) is 0 Å². The summed E-state index contributed by atoms with van der Waals surface area (Å²) >= 11 is 0. The highest BCUT2D eigenvalue weighted by molar-refractivity contribution is 14.0. The number of rotatable bonds is 6. The van der Waals surface area contributed by atoms with Crippen LogP contribution in [0.1, 0.15) is 23.1 Å². The van der Waals surface area contributed by atoms with Gasteiger partial charge >= 0.3 is 0 Å². The van der Waals surface area contributed by atoms with Crippen molar-refractivity contribution in [1.82, 2.24) is 15.5 Å². The highest BCUT2D eigenvalue weighted by Crippen LogP contribution is 2.23. The van der Waals surface area contributed by atoms with E-state index in [0.717, 1.165) is 56.9 Å². The van der Waals surface area contributed by atoms with Crippen LogP contribution >= 0.6 is 24.0 Å². The number of nitrogens with zero attached hydrogens (tertiary/aromatic N) is 2. The standard InChI is InChI=1S/C20H28N4O2.HI/c1-16-8-9-19(26-16)18(24-10-12-25-13-11-24)15-23-20(21-2)22-14-17-6-4-3-5-7-17;/h3-9,18H,10-15H2,1-2H3,(H2,21,22,23);1H. The summed E-state index contributed by atoms with van der Waals surface area (Å²) in [5.74, 6) is 2.70. The molecule has 148 valence electrons. The Labute approximate surface area is 178 Å². The minimum absolute atomic E-state index is 0. The van der Waals surface area contributed by atoms with Crippen LogP contribution in [0.2, 0.25) is 0 Å². The van der Waals surface area contributed by atoms with E-state index < -0.39 is 0 Å². The van der Waals surface area contributed by atoms with Crippen molar-refractivity contribution in [1.29, 1.82) is 0 Å². The number of guanidine groups is 1. The number of nitrogens with one attached hydrogen (secondary N) is 2. The van der Waals surface area contributed by atoms with E-state index >= 15 is 0 Å². The average molecular weight is 484 g/mol. The minimum Gasteiger partial charge on any atom is -0.465 e. The first-order chi connectivity index (χ1) is 12.8. The molecule has 3 rings (SSSR count). The number of aryl methyl sites for hydroxylation is 1. The lowest BCUT2D eigenvalue weighted by atomic mass is 10.1. The summed E-state index contributed by atoms with van der Waals surface area (Å²) in [4.78, 5) is 6.74. The number of aliphatic imine (C=N–C) groups is 1. The molecule has 2 heterocycles. The lowest BCUT2D eigenvalue weighted by molar-refractivity contribution is 0.0124. The predicted molar refractivity (Wildman–Crippen MR) is 119 cm³/mol. The van der Waals surface area contributed by atoms with Gasteiger partial charge in [-0.05, 0) is 24.6 Å². The van der Waals surface area contributed by atoms with Gasteiger partial charge in [0.2, 0.25) is 0 Å². The van der Waals surface area contributed by atoms with Crippen molar-refractivity contribution in [2.45, 2.75) is 19.5 Å². The summed E-state index contributed by atoms with van der Waals surface area (Å²) in [5, 5.41) is 6.81. The normalized spacial score (nSPS) is 16.4. The van der Waals surface area contributed by atoms with Crippen molar-refractivity contribution in [3.63, 3.8) is 0 Å². The minimum atomic E-state index is 0. The molecule has 0 radical (unpaired) electrons. The topological polar surface area (TPSA) is 62.0 Å². The highest BCUT2D eigenvalue weighted by Gasteiger charge is 2.25. The summed E-state index contributed by atoms with van der Waals surface area (Å²) in [6.07, 6.45) is 0. The van der Waals surface area contributed by atoms with Gasteiger partial charge in [-0.25, -0.2) is 0 Å². The first-order valence-electron chi connectivity index (χ1n) is 9.13. The lowest BCUT2D eigenvalue weighted by Gasteiger charge is -2.33.